The van der Waals surface area contributed by atoms with E-state index < -0.39 is 11.9 Å². The van der Waals surface area contributed by atoms with Crippen LogP contribution in [0.2, 0.25) is 0 Å². The topological polar surface area (TPSA) is 83.7 Å². The van der Waals surface area contributed by atoms with E-state index in [0.29, 0.717) is 13.1 Å². The van der Waals surface area contributed by atoms with Crippen molar-refractivity contribution in [2.24, 2.45) is 5.73 Å². The van der Waals surface area contributed by atoms with Gasteiger partial charge in [-0.1, -0.05) is 0 Å². The van der Waals surface area contributed by atoms with E-state index in [0.717, 1.165) is 24.2 Å². The van der Waals surface area contributed by atoms with E-state index in [9.17, 15) is 14.4 Å². The van der Waals surface area contributed by atoms with E-state index in [1.54, 1.807) is 4.90 Å². The molecule has 0 bridgehead atoms. The molecule has 0 aromatic rings. The van der Waals surface area contributed by atoms with E-state index in [-0.39, 0.29) is 18.4 Å². The molecule has 0 radical (unpaired) electrons. The maximum absolute atomic E-state index is 11.9. The molecule has 2 saturated heterocycles. The Hall–Kier alpha value is -1.59. The first kappa shape index (κ1) is 10.9. The fourth-order valence-corrected chi connectivity index (χ4v) is 2.12. The van der Waals surface area contributed by atoms with Crippen LogP contribution in [0.15, 0.2) is 0 Å². The Morgan fingerprint density at radius 3 is 2.31 bits per heavy atom. The fourth-order valence-electron chi connectivity index (χ4n) is 2.12. The first-order valence-electron chi connectivity index (χ1n) is 5.51. The van der Waals surface area contributed by atoms with Gasteiger partial charge in [0.25, 0.3) is 0 Å². The zero-order valence-electron chi connectivity index (χ0n) is 9.02. The number of piperidine rings is 1. The summed E-state index contributed by atoms with van der Waals surface area (Å²) in [4.78, 5) is 36.8. The molecule has 6 heteroatoms. The van der Waals surface area contributed by atoms with Crippen LogP contribution in [0.25, 0.3) is 0 Å². The highest BCUT2D eigenvalue weighted by atomic mass is 16.2. The molecule has 2 rings (SSSR count). The molecule has 2 aliphatic rings. The molecule has 2 fully saturated rings. The number of likely N-dealkylation sites (tertiary alicyclic amines) is 2. The average molecular weight is 225 g/mol. The van der Waals surface area contributed by atoms with E-state index in [1.807, 2.05) is 0 Å². The molecule has 1 unspecified atom stereocenters. The van der Waals surface area contributed by atoms with Crippen LogP contribution < -0.4 is 5.73 Å². The predicted molar refractivity (Wildman–Crippen MR) is 55.3 cm³/mol. The minimum Gasteiger partial charge on any atom is -0.368 e. The van der Waals surface area contributed by atoms with Gasteiger partial charge in [-0.25, -0.2) is 4.79 Å². The average Bonchev–Trinajstić information content (AvgIpc) is 2.26. The summed E-state index contributed by atoms with van der Waals surface area (Å²) in [6.45, 7) is 1.32. The first-order valence-corrected chi connectivity index (χ1v) is 5.51. The molecule has 0 saturated carbocycles. The minimum absolute atomic E-state index is 0.0644. The molecule has 1 atom stereocenters. The largest absolute Gasteiger partial charge is 0.368 e. The van der Waals surface area contributed by atoms with Crippen LogP contribution in [0.3, 0.4) is 0 Å². The summed E-state index contributed by atoms with van der Waals surface area (Å²) in [7, 11) is 0. The van der Waals surface area contributed by atoms with Gasteiger partial charge in [0.2, 0.25) is 11.8 Å². The predicted octanol–water partition coefficient (Wildman–Crippen LogP) is -0.322. The number of urea groups is 1. The number of carbonyl (C=O) groups excluding carboxylic acids is 3. The van der Waals surface area contributed by atoms with Crippen molar-refractivity contribution in [3.63, 3.8) is 0 Å². The quantitative estimate of drug-likeness (QED) is 0.621. The van der Waals surface area contributed by atoms with Gasteiger partial charge in [-0.2, -0.15) is 0 Å². The van der Waals surface area contributed by atoms with Crippen LogP contribution in [0, 0.1) is 0 Å². The third-order valence-corrected chi connectivity index (χ3v) is 3.11. The molecule has 0 aromatic heterocycles. The third-order valence-electron chi connectivity index (χ3n) is 3.11. The summed E-state index contributed by atoms with van der Waals surface area (Å²) in [6, 6.07) is -1.10. The van der Waals surface area contributed by atoms with Crippen LogP contribution >= 0.6 is 0 Å². The van der Waals surface area contributed by atoms with Crippen LogP contribution in [0.1, 0.15) is 25.7 Å². The number of primary amides is 1. The van der Waals surface area contributed by atoms with Crippen LogP contribution in [-0.2, 0) is 9.59 Å². The molecule has 0 spiro atoms. The normalized spacial score (nSPS) is 25.2. The molecule has 2 N–H and O–H groups in total. The lowest BCUT2D eigenvalue weighted by Gasteiger charge is -2.40. The second kappa shape index (κ2) is 4.11. The molecule has 2 heterocycles. The second-order valence-corrected chi connectivity index (χ2v) is 4.22. The number of hydrogen-bond donors (Lipinski definition) is 1. The van der Waals surface area contributed by atoms with Gasteiger partial charge in [-0.05, 0) is 19.3 Å². The molecule has 0 aromatic carbocycles. The summed E-state index contributed by atoms with van der Waals surface area (Å²) in [5.74, 6) is -0.913. The second-order valence-electron chi connectivity index (χ2n) is 4.22. The zero-order chi connectivity index (χ0) is 11.7. The van der Waals surface area contributed by atoms with Gasteiger partial charge in [-0.3, -0.25) is 14.5 Å². The Bertz CT molecular complexity index is 336. The van der Waals surface area contributed by atoms with Gasteiger partial charge < -0.3 is 10.6 Å². The maximum Gasteiger partial charge on any atom is 0.327 e. The van der Waals surface area contributed by atoms with Gasteiger partial charge in [-0.15, -0.1) is 0 Å². The Balaban J connectivity index is 2.02. The van der Waals surface area contributed by atoms with Gasteiger partial charge in [0.1, 0.15) is 6.04 Å². The van der Waals surface area contributed by atoms with E-state index >= 15 is 0 Å². The van der Waals surface area contributed by atoms with E-state index in [4.69, 9.17) is 5.73 Å². The number of carbonyl (C=O) groups is 3. The number of nitrogens with zero attached hydrogens (tertiary/aromatic N) is 2. The number of rotatable bonds is 1. The van der Waals surface area contributed by atoms with E-state index in [1.165, 1.54) is 0 Å². The molecular formula is C10H15N3O3. The van der Waals surface area contributed by atoms with Crippen LogP contribution in [0.4, 0.5) is 4.79 Å². The number of nitrogens with two attached hydrogens (primary N) is 1. The van der Waals surface area contributed by atoms with Crippen molar-refractivity contribution in [1.29, 1.82) is 0 Å². The molecule has 6 nitrogen and oxygen atoms in total. The highest BCUT2D eigenvalue weighted by Gasteiger charge is 2.45. The highest BCUT2D eigenvalue weighted by molar-refractivity contribution is 6.06. The van der Waals surface area contributed by atoms with Crippen molar-refractivity contribution < 1.29 is 14.4 Å². The molecule has 2 aliphatic heterocycles. The summed E-state index contributed by atoms with van der Waals surface area (Å²) in [5.41, 5.74) is 5.11. The SMILES string of the molecule is NC(=O)C1CC(=O)N1C(=O)N1CCCCC1. The van der Waals surface area contributed by atoms with Gasteiger partial charge in [0, 0.05) is 13.1 Å². The van der Waals surface area contributed by atoms with Crippen molar-refractivity contribution in [1.82, 2.24) is 9.80 Å². The highest BCUT2D eigenvalue weighted by Crippen LogP contribution is 2.22. The molecule has 0 aliphatic carbocycles. The standard InChI is InChI=1S/C10H15N3O3/c11-9(15)7-6-8(14)13(7)10(16)12-4-2-1-3-5-12/h7H,1-6H2,(H2,11,15). The molecular weight excluding hydrogens is 210 g/mol. The summed E-state index contributed by atoms with van der Waals surface area (Å²) in [6.07, 6.45) is 3.08. The molecule has 16 heavy (non-hydrogen) atoms. The number of β-lactam (4-membered cyclic amide) rings is 1. The summed E-state index contributed by atoms with van der Waals surface area (Å²) >= 11 is 0. The monoisotopic (exact) mass is 225 g/mol. The number of amides is 4. The van der Waals surface area contributed by atoms with Crippen LogP contribution in [-0.4, -0.2) is 46.8 Å². The summed E-state index contributed by atoms with van der Waals surface area (Å²) < 4.78 is 0. The fraction of sp³-hybridized carbons (Fsp3) is 0.700. The zero-order valence-corrected chi connectivity index (χ0v) is 9.02. The number of hydrogen-bond acceptors (Lipinski definition) is 3. The van der Waals surface area contributed by atoms with Crippen molar-refractivity contribution in [2.45, 2.75) is 31.7 Å². The maximum atomic E-state index is 11.9. The molecule has 88 valence electrons. The van der Waals surface area contributed by atoms with Gasteiger partial charge in [0.15, 0.2) is 0 Å². The van der Waals surface area contributed by atoms with Crippen molar-refractivity contribution >= 4 is 17.8 Å². The van der Waals surface area contributed by atoms with E-state index in [2.05, 4.69) is 0 Å². The van der Waals surface area contributed by atoms with Gasteiger partial charge in [0.05, 0.1) is 6.42 Å². The summed E-state index contributed by atoms with van der Waals surface area (Å²) in [5, 5.41) is 0. The smallest absolute Gasteiger partial charge is 0.327 e. The Labute approximate surface area is 93.4 Å². The molecule has 4 amide bonds. The van der Waals surface area contributed by atoms with Gasteiger partial charge >= 0.3 is 6.03 Å². The first-order chi connectivity index (χ1) is 7.61. The van der Waals surface area contributed by atoms with Crippen molar-refractivity contribution in [3.8, 4) is 0 Å². The Morgan fingerprint density at radius 1 is 1.19 bits per heavy atom. The van der Waals surface area contributed by atoms with Crippen molar-refractivity contribution in [2.75, 3.05) is 13.1 Å². The Kier molecular flexibility index (Phi) is 2.80. The van der Waals surface area contributed by atoms with Crippen LogP contribution in [0.5, 0.6) is 0 Å². The lowest BCUT2D eigenvalue weighted by molar-refractivity contribution is -0.148. The number of imide groups is 1. The van der Waals surface area contributed by atoms with Crippen molar-refractivity contribution in [3.05, 3.63) is 0 Å². The third kappa shape index (κ3) is 1.75. The minimum atomic E-state index is -0.734. The Morgan fingerprint density at radius 2 is 1.81 bits per heavy atom. The lowest BCUT2D eigenvalue weighted by Crippen LogP contribution is -2.64. The lowest BCUT2D eigenvalue weighted by atomic mass is 10.0.